The molecule has 4 nitrogen and oxygen atoms in total. The molecule has 2 rings (SSSR count). The Bertz CT molecular complexity index is 473. The van der Waals surface area contributed by atoms with Crippen LogP contribution in [0.25, 0.3) is 0 Å². The SMILES string of the molecule is CC1(C)CC1(N)c1ccc([N+](=O)[O-])c(Cl)c1. The number of nitrogens with zero attached hydrogens (tertiary/aromatic N) is 1. The van der Waals surface area contributed by atoms with Gasteiger partial charge < -0.3 is 5.73 Å². The van der Waals surface area contributed by atoms with Crippen LogP contribution in [0.4, 0.5) is 5.69 Å². The summed E-state index contributed by atoms with van der Waals surface area (Å²) >= 11 is 5.85. The molecule has 0 bridgehead atoms. The Hall–Kier alpha value is -1.13. The molecule has 1 aromatic carbocycles. The summed E-state index contributed by atoms with van der Waals surface area (Å²) in [4.78, 5) is 10.1. The molecule has 0 heterocycles. The summed E-state index contributed by atoms with van der Waals surface area (Å²) in [6, 6.07) is 4.72. The molecule has 0 aliphatic heterocycles. The number of halogens is 1. The van der Waals surface area contributed by atoms with Crippen LogP contribution in [0.15, 0.2) is 18.2 Å². The van der Waals surface area contributed by atoms with E-state index in [1.807, 2.05) is 0 Å². The van der Waals surface area contributed by atoms with Crippen LogP contribution >= 0.6 is 11.6 Å². The molecule has 86 valence electrons. The van der Waals surface area contributed by atoms with E-state index in [9.17, 15) is 10.1 Å². The predicted molar refractivity (Wildman–Crippen MR) is 62.4 cm³/mol. The van der Waals surface area contributed by atoms with Crippen molar-refractivity contribution in [2.75, 3.05) is 0 Å². The predicted octanol–water partition coefficient (Wildman–Crippen LogP) is 2.83. The Balaban J connectivity index is 2.41. The zero-order valence-electron chi connectivity index (χ0n) is 9.16. The first kappa shape index (κ1) is 11.4. The van der Waals surface area contributed by atoms with Crippen LogP contribution in [0.3, 0.4) is 0 Å². The van der Waals surface area contributed by atoms with Gasteiger partial charge in [0.05, 0.1) is 4.92 Å². The van der Waals surface area contributed by atoms with Gasteiger partial charge in [0.1, 0.15) is 5.02 Å². The highest BCUT2D eigenvalue weighted by atomic mass is 35.5. The van der Waals surface area contributed by atoms with Crippen LogP contribution in [0.1, 0.15) is 25.8 Å². The van der Waals surface area contributed by atoms with E-state index in [1.54, 1.807) is 12.1 Å². The normalized spacial score (nSPS) is 26.5. The van der Waals surface area contributed by atoms with Crippen molar-refractivity contribution in [2.24, 2.45) is 11.1 Å². The Kier molecular flexibility index (Phi) is 2.26. The molecule has 16 heavy (non-hydrogen) atoms. The van der Waals surface area contributed by atoms with Gasteiger partial charge in [-0.2, -0.15) is 0 Å². The number of nitro groups is 1. The van der Waals surface area contributed by atoms with E-state index < -0.39 is 10.5 Å². The third-order valence-corrected chi connectivity index (χ3v) is 3.77. The van der Waals surface area contributed by atoms with Crippen LogP contribution in [0.2, 0.25) is 5.02 Å². The monoisotopic (exact) mass is 240 g/mol. The van der Waals surface area contributed by atoms with E-state index in [0.717, 1.165) is 12.0 Å². The molecule has 0 saturated heterocycles. The standard InChI is InChI=1S/C11H13ClN2O2/c1-10(2)6-11(10,13)7-3-4-9(14(15)16)8(12)5-7/h3-5H,6,13H2,1-2H3. The number of nitro benzene ring substituents is 1. The largest absolute Gasteiger partial charge is 0.321 e. The molecule has 0 amide bonds. The fraction of sp³-hybridized carbons (Fsp3) is 0.455. The van der Waals surface area contributed by atoms with Crippen LogP contribution in [-0.4, -0.2) is 4.92 Å². The van der Waals surface area contributed by atoms with Gasteiger partial charge in [0.2, 0.25) is 0 Å². The molecule has 0 spiro atoms. The molecule has 0 radical (unpaired) electrons. The van der Waals surface area contributed by atoms with Crippen molar-refractivity contribution >= 4 is 17.3 Å². The Morgan fingerprint density at radius 3 is 2.44 bits per heavy atom. The second-order valence-electron chi connectivity index (χ2n) is 4.96. The average Bonchev–Trinajstić information content (AvgIpc) is 2.66. The number of benzene rings is 1. The minimum absolute atomic E-state index is 0.0342. The van der Waals surface area contributed by atoms with Gasteiger partial charge in [-0.1, -0.05) is 31.5 Å². The van der Waals surface area contributed by atoms with Crippen LogP contribution in [-0.2, 0) is 5.54 Å². The summed E-state index contributed by atoms with van der Waals surface area (Å²) in [6.07, 6.45) is 0.869. The summed E-state index contributed by atoms with van der Waals surface area (Å²) in [5.41, 5.74) is 6.64. The summed E-state index contributed by atoms with van der Waals surface area (Å²) in [5, 5.41) is 10.8. The maximum absolute atomic E-state index is 10.6. The van der Waals surface area contributed by atoms with E-state index in [4.69, 9.17) is 17.3 Å². The van der Waals surface area contributed by atoms with Crippen LogP contribution in [0.5, 0.6) is 0 Å². The second-order valence-corrected chi connectivity index (χ2v) is 5.36. The van der Waals surface area contributed by atoms with E-state index in [2.05, 4.69) is 13.8 Å². The molecule has 1 unspecified atom stereocenters. The Labute approximate surface area is 98.5 Å². The van der Waals surface area contributed by atoms with Crippen molar-refractivity contribution in [1.82, 2.24) is 0 Å². The van der Waals surface area contributed by atoms with Gasteiger partial charge in [-0.05, 0) is 23.5 Å². The lowest BCUT2D eigenvalue weighted by molar-refractivity contribution is -0.384. The van der Waals surface area contributed by atoms with Crippen LogP contribution < -0.4 is 5.73 Å². The molecule has 1 fully saturated rings. The molecule has 1 aliphatic rings. The maximum Gasteiger partial charge on any atom is 0.287 e. The number of nitrogens with two attached hydrogens (primary N) is 1. The summed E-state index contributed by atoms with van der Waals surface area (Å²) in [7, 11) is 0. The van der Waals surface area contributed by atoms with Crippen molar-refractivity contribution in [3.63, 3.8) is 0 Å². The van der Waals surface area contributed by atoms with E-state index in [1.165, 1.54) is 6.07 Å². The van der Waals surface area contributed by atoms with Crippen molar-refractivity contribution in [2.45, 2.75) is 25.8 Å². The third kappa shape index (κ3) is 1.49. The van der Waals surface area contributed by atoms with Gasteiger partial charge in [-0.25, -0.2) is 0 Å². The number of hydrogen-bond donors (Lipinski definition) is 1. The fourth-order valence-electron chi connectivity index (χ4n) is 2.08. The molecule has 1 saturated carbocycles. The van der Waals surface area contributed by atoms with Crippen molar-refractivity contribution in [3.05, 3.63) is 38.9 Å². The van der Waals surface area contributed by atoms with Gasteiger partial charge in [0.15, 0.2) is 0 Å². The first-order chi connectivity index (χ1) is 7.28. The van der Waals surface area contributed by atoms with Gasteiger partial charge in [0.25, 0.3) is 5.69 Å². The molecule has 5 heteroatoms. The minimum Gasteiger partial charge on any atom is -0.321 e. The zero-order valence-corrected chi connectivity index (χ0v) is 9.91. The zero-order chi connectivity index (χ0) is 12.1. The molecule has 1 atom stereocenters. The molecular weight excluding hydrogens is 228 g/mol. The van der Waals surface area contributed by atoms with Crippen molar-refractivity contribution < 1.29 is 4.92 Å². The first-order valence-corrected chi connectivity index (χ1v) is 5.39. The average molecular weight is 241 g/mol. The Morgan fingerprint density at radius 2 is 2.06 bits per heavy atom. The lowest BCUT2D eigenvalue weighted by Crippen LogP contribution is -2.25. The Morgan fingerprint density at radius 1 is 1.50 bits per heavy atom. The van der Waals surface area contributed by atoms with E-state index >= 15 is 0 Å². The van der Waals surface area contributed by atoms with Crippen molar-refractivity contribution in [1.29, 1.82) is 0 Å². The molecular formula is C11H13ClN2O2. The van der Waals surface area contributed by atoms with E-state index in [-0.39, 0.29) is 16.1 Å². The highest BCUT2D eigenvalue weighted by Gasteiger charge is 2.59. The maximum atomic E-state index is 10.6. The van der Waals surface area contributed by atoms with E-state index in [0.29, 0.717) is 0 Å². The van der Waals surface area contributed by atoms with Gasteiger partial charge >= 0.3 is 0 Å². The third-order valence-electron chi connectivity index (χ3n) is 3.46. The summed E-state index contributed by atoms with van der Waals surface area (Å²) in [5.74, 6) is 0. The fourth-order valence-corrected chi connectivity index (χ4v) is 2.33. The second kappa shape index (κ2) is 3.18. The number of rotatable bonds is 2. The molecule has 0 aromatic heterocycles. The highest BCUT2D eigenvalue weighted by molar-refractivity contribution is 6.32. The first-order valence-electron chi connectivity index (χ1n) is 5.01. The molecule has 2 N–H and O–H groups in total. The van der Waals surface area contributed by atoms with Gasteiger partial charge in [-0.15, -0.1) is 0 Å². The summed E-state index contributed by atoms with van der Waals surface area (Å²) in [6.45, 7) is 4.14. The number of hydrogen-bond acceptors (Lipinski definition) is 3. The van der Waals surface area contributed by atoms with Crippen molar-refractivity contribution in [3.8, 4) is 0 Å². The summed E-state index contributed by atoms with van der Waals surface area (Å²) < 4.78 is 0. The van der Waals surface area contributed by atoms with Gasteiger partial charge in [-0.3, -0.25) is 10.1 Å². The lowest BCUT2D eigenvalue weighted by Gasteiger charge is -2.15. The topological polar surface area (TPSA) is 69.2 Å². The highest BCUT2D eigenvalue weighted by Crippen LogP contribution is 2.60. The smallest absolute Gasteiger partial charge is 0.287 e. The minimum atomic E-state index is -0.493. The quantitative estimate of drug-likeness (QED) is 0.638. The van der Waals surface area contributed by atoms with Gasteiger partial charge in [0, 0.05) is 11.6 Å². The lowest BCUT2D eigenvalue weighted by atomic mass is 9.97. The molecule has 1 aliphatic carbocycles. The van der Waals surface area contributed by atoms with Crippen LogP contribution in [0, 0.1) is 15.5 Å². The molecule has 1 aromatic rings.